The van der Waals surface area contributed by atoms with Crippen LogP contribution in [0.15, 0.2) is 6.20 Å². The fraction of sp³-hybridized carbons (Fsp3) is 0.429. The van der Waals surface area contributed by atoms with Crippen LogP contribution in [0.4, 0.5) is 8.78 Å². The van der Waals surface area contributed by atoms with E-state index in [4.69, 9.17) is 11.8 Å². The SMILES string of the molecule is O=C1c2c(cnn2Cl)CCC1(F)F. The molecule has 0 N–H and O–H groups in total. The molecule has 0 saturated heterocycles. The molecule has 13 heavy (non-hydrogen) atoms. The molecule has 0 aromatic carbocycles. The van der Waals surface area contributed by atoms with E-state index < -0.39 is 18.1 Å². The molecule has 6 heteroatoms. The minimum atomic E-state index is -3.29. The lowest BCUT2D eigenvalue weighted by Gasteiger charge is -2.19. The van der Waals surface area contributed by atoms with Gasteiger partial charge in [0.25, 0.3) is 5.78 Å². The van der Waals surface area contributed by atoms with E-state index in [0.29, 0.717) is 9.76 Å². The Kier molecular flexibility index (Phi) is 1.66. The highest BCUT2D eigenvalue weighted by molar-refractivity contribution is 6.18. The molecule has 0 spiro atoms. The Morgan fingerprint density at radius 1 is 1.62 bits per heavy atom. The van der Waals surface area contributed by atoms with Gasteiger partial charge in [0.1, 0.15) is 5.69 Å². The summed E-state index contributed by atoms with van der Waals surface area (Å²) in [4.78, 5) is 11.1. The Bertz CT molecular complexity index is 375. The summed E-state index contributed by atoms with van der Waals surface area (Å²) in [6.07, 6.45) is 1.03. The van der Waals surface area contributed by atoms with Crippen molar-refractivity contribution in [3.8, 4) is 0 Å². The average molecular weight is 207 g/mol. The van der Waals surface area contributed by atoms with Crippen molar-refractivity contribution >= 4 is 17.6 Å². The van der Waals surface area contributed by atoms with Gasteiger partial charge in [0.15, 0.2) is 0 Å². The number of carbonyl (C=O) groups excluding carboxylic acids is 1. The number of hydrogen-bond donors (Lipinski definition) is 0. The number of alkyl halides is 2. The molecule has 1 aromatic rings. The maximum Gasteiger partial charge on any atom is 0.311 e. The molecule has 1 aromatic heterocycles. The summed E-state index contributed by atoms with van der Waals surface area (Å²) in [5.41, 5.74) is 0.309. The molecule has 0 fully saturated rings. The second-order valence-corrected chi connectivity index (χ2v) is 3.23. The Morgan fingerprint density at radius 3 is 3.00 bits per heavy atom. The van der Waals surface area contributed by atoms with Crippen molar-refractivity contribution in [1.82, 2.24) is 9.30 Å². The van der Waals surface area contributed by atoms with Crippen molar-refractivity contribution in [3.63, 3.8) is 0 Å². The average Bonchev–Trinajstić information content (AvgIpc) is 2.41. The third-order valence-corrected chi connectivity index (χ3v) is 2.32. The van der Waals surface area contributed by atoms with E-state index in [9.17, 15) is 13.6 Å². The number of aryl methyl sites for hydroxylation is 1. The molecule has 0 aliphatic heterocycles. The number of halogens is 3. The quantitative estimate of drug-likeness (QED) is 0.647. The summed E-state index contributed by atoms with van der Waals surface area (Å²) in [5, 5.41) is 3.54. The van der Waals surface area contributed by atoms with Gasteiger partial charge in [-0.25, -0.2) is 0 Å². The molecule has 2 rings (SSSR count). The van der Waals surface area contributed by atoms with Gasteiger partial charge in [-0.15, -0.1) is 0 Å². The van der Waals surface area contributed by atoms with Crippen LogP contribution >= 0.6 is 11.8 Å². The molecule has 1 aliphatic rings. The number of carbonyl (C=O) groups is 1. The molecule has 0 bridgehead atoms. The van der Waals surface area contributed by atoms with Crippen molar-refractivity contribution in [2.45, 2.75) is 18.8 Å². The summed E-state index contributed by atoms with van der Waals surface area (Å²) in [6, 6.07) is 0. The first-order chi connectivity index (χ1) is 6.02. The van der Waals surface area contributed by atoms with E-state index in [1.54, 1.807) is 0 Å². The van der Waals surface area contributed by atoms with Crippen molar-refractivity contribution in [2.24, 2.45) is 0 Å². The topological polar surface area (TPSA) is 34.9 Å². The molecule has 0 unspecified atom stereocenters. The zero-order valence-electron chi connectivity index (χ0n) is 6.43. The monoisotopic (exact) mass is 206 g/mol. The van der Waals surface area contributed by atoms with Gasteiger partial charge in [-0.2, -0.15) is 18.1 Å². The molecule has 1 heterocycles. The lowest BCUT2D eigenvalue weighted by molar-refractivity contribution is 0.00139. The van der Waals surface area contributed by atoms with Crippen LogP contribution in [0.3, 0.4) is 0 Å². The predicted molar refractivity (Wildman–Crippen MR) is 41.1 cm³/mol. The molecular weight excluding hydrogens is 202 g/mol. The van der Waals surface area contributed by atoms with E-state index >= 15 is 0 Å². The van der Waals surface area contributed by atoms with Gasteiger partial charge < -0.3 is 0 Å². The third kappa shape index (κ3) is 1.14. The van der Waals surface area contributed by atoms with Gasteiger partial charge in [0.2, 0.25) is 0 Å². The van der Waals surface area contributed by atoms with Crippen LogP contribution in [-0.2, 0) is 6.42 Å². The van der Waals surface area contributed by atoms with Gasteiger partial charge in [-0.3, -0.25) is 4.79 Å². The highest BCUT2D eigenvalue weighted by Crippen LogP contribution is 2.32. The second kappa shape index (κ2) is 2.51. The third-order valence-electron chi connectivity index (χ3n) is 2.06. The zero-order valence-corrected chi connectivity index (χ0v) is 7.18. The fourth-order valence-electron chi connectivity index (χ4n) is 1.35. The molecule has 0 atom stereocenters. The van der Waals surface area contributed by atoms with Gasteiger partial charge in [0.05, 0.1) is 6.20 Å². The van der Waals surface area contributed by atoms with Crippen LogP contribution in [0, 0.1) is 0 Å². The number of aromatic nitrogens is 2. The predicted octanol–water partition coefficient (Wildman–Crippen LogP) is 1.65. The van der Waals surface area contributed by atoms with Crippen molar-refractivity contribution in [1.29, 1.82) is 0 Å². The summed E-state index contributed by atoms with van der Waals surface area (Å²) in [5.74, 6) is -4.53. The maximum absolute atomic E-state index is 12.9. The largest absolute Gasteiger partial charge is 0.311 e. The van der Waals surface area contributed by atoms with Crippen LogP contribution in [0.1, 0.15) is 22.5 Å². The molecule has 0 amide bonds. The maximum atomic E-state index is 12.9. The molecule has 0 radical (unpaired) electrons. The van der Waals surface area contributed by atoms with Crippen LogP contribution < -0.4 is 0 Å². The van der Waals surface area contributed by atoms with Crippen LogP contribution in [0.2, 0.25) is 0 Å². The fourth-order valence-corrected chi connectivity index (χ4v) is 1.58. The highest BCUT2D eigenvalue weighted by Gasteiger charge is 2.45. The Hall–Kier alpha value is -0.970. The van der Waals surface area contributed by atoms with Crippen molar-refractivity contribution < 1.29 is 13.6 Å². The smallest absolute Gasteiger partial charge is 0.286 e. The van der Waals surface area contributed by atoms with E-state index in [0.717, 1.165) is 0 Å². The second-order valence-electron chi connectivity index (χ2n) is 2.91. The van der Waals surface area contributed by atoms with E-state index in [-0.39, 0.29) is 12.1 Å². The number of hydrogen-bond acceptors (Lipinski definition) is 2. The standard InChI is InChI=1S/C7H5ClF2N2O/c8-12-5-4(3-11-12)1-2-7(9,10)6(5)13/h3H,1-2H2. The van der Waals surface area contributed by atoms with E-state index in [1.807, 2.05) is 0 Å². The number of Topliss-reactive ketones (excluding diaryl/α,β-unsaturated/α-hetero) is 1. The first-order valence-electron chi connectivity index (χ1n) is 3.68. The molecule has 1 aliphatic carbocycles. The zero-order chi connectivity index (χ0) is 9.64. The van der Waals surface area contributed by atoms with E-state index in [1.165, 1.54) is 6.20 Å². The minimum absolute atomic E-state index is 0.140. The molecule has 70 valence electrons. The summed E-state index contributed by atoms with van der Waals surface area (Å²) in [7, 11) is 0. The van der Waals surface area contributed by atoms with Crippen molar-refractivity contribution in [2.75, 3.05) is 0 Å². The van der Waals surface area contributed by atoms with Gasteiger partial charge in [-0.1, -0.05) is 0 Å². The molecule has 3 nitrogen and oxygen atoms in total. The van der Waals surface area contributed by atoms with Gasteiger partial charge in [-0.05, 0) is 6.42 Å². The Morgan fingerprint density at radius 2 is 2.31 bits per heavy atom. The van der Waals surface area contributed by atoms with Crippen molar-refractivity contribution in [3.05, 3.63) is 17.5 Å². The first kappa shape index (κ1) is 8.62. The first-order valence-corrected chi connectivity index (χ1v) is 4.02. The summed E-state index contributed by atoms with van der Waals surface area (Å²) >= 11 is 5.43. The summed E-state index contributed by atoms with van der Waals surface area (Å²) < 4.78 is 26.5. The molecular formula is C7H5ClF2N2O. The van der Waals surface area contributed by atoms with Crippen LogP contribution in [0.25, 0.3) is 0 Å². The number of fused-ring (bicyclic) bond motifs is 1. The lowest BCUT2D eigenvalue weighted by atomic mass is 9.94. The number of nitrogens with zero attached hydrogens (tertiary/aromatic N) is 2. The molecule has 0 saturated carbocycles. The van der Waals surface area contributed by atoms with Gasteiger partial charge in [0, 0.05) is 23.8 Å². The number of ketones is 1. The Balaban J connectivity index is 2.55. The normalized spacial score (nSPS) is 20.1. The summed E-state index contributed by atoms with van der Waals surface area (Å²) in [6.45, 7) is 0. The van der Waals surface area contributed by atoms with Crippen LogP contribution in [0.5, 0.6) is 0 Å². The Labute approximate surface area is 77.4 Å². The highest BCUT2D eigenvalue weighted by atomic mass is 35.5. The minimum Gasteiger partial charge on any atom is -0.286 e. The number of rotatable bonds is 0. The lowest BCUT2D eigenvalue weighted by Crippen LogP contribution is -2.34. The van der Waals surface area contributed by atoms with Crippen LogP contribution in [-0.4, -0.2) is 21.0 Å². The van der Waals surface area contributed by atoms with E-state index in [2.05, 4.69) is 5.10 Å². The van der Waals surface area contributed by atoms with Gasteiger partial charge >= 0.3 is 5.92 Å².